The van der Waals surface area contributed by atoms with Crippen LogP contribution in [0.2, 0.25) is 0 Å². The average molecular weight is 497 g/mol. The minimum atomic E-state index is -4.26. The molecule has 0 amide bonds. The second kappa shape index (κ2) is 21.1. The number of aliphatic hydroxyl groups is 3. The van der Waals surface area contributed by atoms with Crippen molar-refractivity contribution in [1.29, 1.82) is 0 Å². The fourth-order valence-electron chi connectivity index (χ4n) is 4.77. The number of nitrogens with zero attached hydrogens (tertiary/aromatic N) is 1. The zero-order chi connectivity index (χ0) is 24.8. The van der Waals surface area contributed by atoms with Gasteiger partial charge in [0, 0.05) is 0 Å². The van der Waals surface area contributed by atoms with E-state index in [0.717, 1.165) is 19.3 Å². The van der Waals surface area contributed by atoms with Gasteiger partial charge in [0.1, 0.15) is 31.5 Å². The Morgan fingerprint density at radius 2 is 1.00 bits per heavy atom. The predicted molar refractivity (Wildman–Crippen MR) is 136 cm³/mol. The maximum atomic E-state index is 11.1. The molecule has 0 aliphatic rings. The lowest BCUT2D eigenvalue weighted by Gasteiger charge is -2.39. The van der Waals surface area contributed by atoms with Crippen molar-refractivity contribution in [3.63, 3.8) is 0 Å². The quantitative estimate of drug-likeness (QED) is 0.0851. The van der Waals surface area contributed by atoms with E-state index in [9.17, 15) is 23.7 Å². The molecule has 33 heavy (non-hydrogen) atoms. The predicted octanol–water partition coefficient (Wildman–Crippen LogP) is 4.30. The highest BCUT2D eigenvalue weighted by atomic mass is 32.2. The number of aliphatic hydroxyl groups excluding tert-OH is 3. The van der Waals surface area contributed by atoms with Crippen LogP contribution in [0.5, 0.6) is 0 Å². The number of rotatable bonds is 25. The fraction of sp³-hybridized carbons (Fsp3) is 1.00. The van der Waals surface area contributed by atoms with Crippen LogP contribution in [-0.4, -0.2) is 84.0 Å². The van der Waals surface area contributed by atoms with Crippen LogP contribution < -0.4 is 0 Å². The van der Waals surface area contributed by atoms with Crippen LogP contribution in [0.15, 0.2) is 0 Å². The van der Waals surface area contributed by atoms with Gasteiger partial charge in [-0.1, -0.05) is 96.8 Å². The summed E-state index contributed by atoms with van der Waals surface area (Å²) in [5.74, 6) is -0.719. The first-order chi connectivity index (χ1) is 15.8. The molecule has 0 aromatic heterocycles. The minimum Gasteiger partial charge on any atom is -0.391 e. The van der Waals surface area contributed by atoms with E-state index in [-0.39, 0.29) is 24.2 Å². The van der Waals surface area contributed by atoms with Crippen LogP contribution >= 0.6 is 0 Å². The second-order valence-corrected chi connectivity index (χ2v) is 11.3. The van der Waals surface area contributed by atoms with E-state index in [0.29, 0.717) is 19.6 Å². The normalized spacial score (nSPS) is 13.5. The lowest BCUT2D eigenvalue weighted by Crippen LogP contribution is -2.56. The van der Waals surface area contributed by atoms with Crippen LogP contribution in [0.25, 0.3) is 0 Å². The van der Waals surface area contributed by atoms with E-state index in [1.165, 1.54) is 83.5 Å². The van der Waals surface area contributed by atoms with Crippen molar-refractivity contribution in [2.24, 2.45) is 0 Å². The third-order valence-corrected chi connectivity index (χ3v) is 7.44. The molecule has 0 aromatic rings. The van der Waals surface area contributed by atoms with Gasteiger partial charge in [-0.15, -0.1) is 0 Å². The molecule has 0 rings (SSSR count). The van der Waals surface area contributed by atoms with E-state index in [4.69, 9.17) is 4.55 Å². The molecular formula is C25H54NO6S+. The molecule has 8 heteroatoms. The van der Waals surface area contributed by atoms with E-state index in [1.807, 2.05) is 0 Å². The molecular weight excluding hydrogens is 442 g/mol. The van der Waals surface area contributed by atoms with Crippen molar-refractivity contribution in [3.8, 4) is 0 Å². The average Bonchev–Trinajstić information content (AvgIpc) is 2.72. The molecule has 0 aromatic carbocycles. The third kappa shape index (κ3) is 20.8. The number of hydrogen-bond acceptors (Lipinski definition) is 5. The van der Waals surface area contributed by atoms with E-state index >= 15 is 0 Å². The van der Waals surface area contributed by atoms with E-state index in [1.54, 1.807) is 0 Å². The van der Waals surface area contributed by atoms with E-state index in [2.05, 4.69) is 6.92 Å². The molecule has 0 aliphatic carbocycles. The Hall–Kier alpha value is -0.250. The maximum absolute atomic E-state index is 11.1. The van der Waals surface area contributed by atoms with Gasteiger partial charge in [-0.05, 0) is 12.8 Å². The number of quaternary nitrogens is 1. The summed E-state index contributed by atoms with van der Waals surface area (Å²) in [6, 6.07) is 0. The van der Waals surface area contributed by atoms with Gasteiger partial charge >= 0.3 is 0 Å². The summed E-state index contributed by atoms with van der Waals surface area (Å²) < 4.78 is 31.3. The van der Waals surface area contributed by atoms with Crippen molar-refractivity contribution in [1.82, 2.24) is 0 Å². The molecule has 0 saturated heterocycles. The second-order valence-electron chi connectivity index (χ2n) is 9.85. The maximum Gasteiger partial charge on any atom is 0.267 e. The van der Waals surface area contributed by atoms with Crippen LogP contribution in [0, 0.1) is 0 Å². The van der Waals surface area contributed by atoms with Gasteiger partial charge in [0.05, 0.1) is 19.8 Å². The monoisotopic (exact) mass is 496 g/mol. The van der Waals surface area contributed by atoms with E-state index < -0.39 is 22.0 Å². The summed E-state index contributed by atoms with van der Waals surface area (Å²) in [7, 11) is -4.26. The third-order valence-electron chi connectivity index (χ3n) is 6.64. The van der Waals surface area contributed by atoms with Crippen molar-refractivity contribution in [2.45, 2.75) is 116 Å². The molecule has 0 bridgehead atoms. The first-order valence-corrected chi connectivity index (χ1v) is 15.1. The van der Waals surface area contributed by atoms with Gasteiger partial charge in [-0.25, -0.2) is 0 Å². The topological polar surface area (TPSA) is 115 Å². The van der Waals surface area contributed by atoms with Gasteiger partial charge in [-0.2, -0.15) is 8.42 Å². The lowest BCUT2D eigenvalue weighted by molar-refractivity contribution is -0.931. The van der Waals surface area contributed by atoms with Gasteiger partial charge < -0.3 is 19.8 Å². The smallest absolute Gasteiger partial charge is 0.267 e. The lowest BCUT2D eigenvalue weighted by atomic mass is 10.0. The van der Waals surface area contributed by atoms with Crippen LogP contribution in [0.3, 0.4) is 0 Å². The first-order valence-electron chi connectivity index (χ1n) is 13.5. The summed E-state index contributed by atoms with van der Waals surface area (Å²) in [6.07, 6.45) is 19.4. The SMILES string of the molecule is CCCCCCCCCCCCCCCCCC[N+](CCO)(CCO)CC(O)CS(=O)(=O)O. The Labute approximate surface area is 203 Å². The summed E-state index contributed by atoms with van der Waals surface area (Å²) in [4.78, 5) is 0. The fourth-order valence-corrected chi connectivity index (χ4v) is 5.36. The van der Waals surface area contributed by atoms with Gasteiger partial charge in [-0.3, -0.25) is 4.55 Å². The van der Waals surface area contributed by atoms with Gasteiger partial charge in [0.25, 0.3) is 10.1 Å². The highest BCUT2D eigenvalue weighted by molar-refractivity contribution is 7.85. The summed E-state index contributed by atoms with van der Waals surface area (Å²) in [5.41, 5.74) is 0. The Kier molecular flexibility index (Phi) is 20.9. The molecule has 0 aliphatic heterocycles. The van der Waals surface area contributed by atoms with Gasteiger partial charge in [0.2, 0.25) is 0 Å². The number of unbranched alkanes of at least 4 members (excludes halogenated alkanes) is 15. The van der Waals surface area contributed by atoms with Gasteiger partial charge in [0.15, 0.2) is 0 Å². The van der Waals surface area contributed by atoms with Crippen molar-refractivity contribution in [2.75, 3.05) is 45.1 Å². The zero-order valence-electron chi connectivity index (χ0n) is 21.3. The molecule has 4 N–H and O–H groups in total. The molecule has 7 nitrogen and oxygen atoms in total. The highest BCUT2D eigenvalue weighted by Gasteiger charge is 2.31. The molecule has 0 saturated carbocycles. The van der Waals surface area contributed by atoms with Crippen molar-refractivity contribution in [3.05, 3.63) is 0 Å². The Morgan fingerprint density at radius 3 is 1.33 bits per heavy atom. The summed E-state index contributed by atoms with van der Waals surface area (Å²) >= 11 is 0. The van der Waals surface area contributed by atoms with Crippen LogP contribution in [0.4, 0.5) is 0 Å². The molecule has 0 fully saturated rings. The van der Waals surface area contributed by atoms with Crippen molar-refractivity contribution >= 4 is 10.1 Å². The minimum absolute atomic E-state index is 0.0969. The summed E-state index contributed by atoms with van der Waals surface area (Å²) in [5, 5.41) is 29.0. The molecule has 1 unspecified atom stereocenters. The molecule has 0 heterocycles. The summed E-state index contributed by atoms with van der Waals surface area (Å²) in [6.45, 7) is 3.52. The first kappa shape index (κ1) is 32.8. The largest absolute Gasteiger partial charge is 0.391 e. The molecule has 200 valence electrons. The number of hydrogen-bond donors (Lipinski definition) is 4. The Bertz CT molecular complexity index is 523. The van der Waals surface area contributed by atoms with Crippen molar-refractivity contribution < 1.29 is 32.8 Å². The molecule has 0 radical (unpaired) electrons. The Balaban J connectivity index is 3.91. The molecule has 0 spiro atoms. The Morgan fingerprint density at radius 1 is 0.636 bits per heavy atom. The standard InChI is InChI=1S/C25H53NO6S/c1-2-3-4-5-6-7-8-9-10-11-12-13-14-15-16-17-18-26(19-21-27,20-22-28)23-25(29)24-33(30,31)32/h25,27-29H,2-24H2,1H3/p+1. The molecule has 1 atom stereocenters. The van der Waals surface area contributed by atoms with Crippen LogP contribution in [-0.2, 0) is 10.1 Å². The zero-order valence-corrected chi connectivity index (χ0v) is 22.1. The highest BCUT2D eigenvalue weighted by Crippen LogP contribution is 2.16. The van der Waals surface area contributed by atoms with Crippen LogP contribution in [0.1, 0.15) is 110 Å².